The molecule has 0 amide bonds. The lowest BCUT2D eigenvalue weighted by atomic mass is 10.1. The van der Waals surface area contributed by atoms with E-state index in [1.54, 1.807) is 31.2 Å². The second-order valence-electron chi connectivity index (χ2n) is 5.12. The second-order valence-corrected chi connectivity index (χ2v) is 5.12. The summed E-state index contributed by atoms with van der Waals surface area (Å²) in [6.45, 7) is 1.81. The van der Waals surface area contributed by atoms with Crippen molar-refractivity contribution in [2.75, 3.05) is 0 Å². The molecule has 3 rings (SSSR count). The maximum absolute atomic E-state index is 13.5. The van der Waals surface area contributed by atoms with E-state index in [2.05, 4.69) is 4.98 Å². The summed E-state index contributed by atoms with van der Waals surface area (Å²) in [5.41, 5.74) is 1.39. The van der Waals surface area contributed by atoms with Crippen LogP contribution in [0.2, 0.25) is 0 Å². The molecule has 6 heteroatoms. The van der Waals surface area contributed by atoms with Crippen molar-refractivity contribution < 1.29 is 23.4 Å². The van der Waals surface area contributed by atoms with Crippen molar-refractivity contribution >= 4 is 5.97 Å². The summed E-state index contributed by atoms with van der Waals surface area (Å²) in [5.74, 6) is -0.375. The Morgan fingerprint density at radius 1 is 1.21 bits per heavy atom. The Kier molecular flexibility index (Phi) is 4.29. The molecule has 1 aromatic heterocycles. The number of aromatic carboxylic acids is 1. The first-order valence-corrected chi connectivity index (χ1v) is 7.22. The summed E-state index contributed by atoms with van der Waals surface area (Å²) in [7, 11) is 0. The van der Waals surface area contributed by atoms with Gasteiger partial charge in [0.1, 0.15) is 18.1 Å². The van der Waals surface area contributed by atoms with Gasteiger partial charge in [0.25, 0.3) is 0 Å². The summed E-state index contributed by atoms with van der Waals surface area (Å²) in [6.07, 6.45) is 0. The van der Waals surface area contributed by atoms with Gasteiger partial charge in [-0.25, -0.2) is 14.2 Å². The average Bonchev–Trinajstić information content (AvgIpc) is 2.95. The third-order valence-electron chi connectivity index (χ3n) is 3.47. The number of ether oxygens (including phenoxy) is 1. The zero-order valence-corrected chi connectivity index (χ0v) is 12.8. The van der Waals surface area contributed by atoms with Crippen LogP contribution in [-0.2, 0) is 6.61 Å². The molecule has 5 nitrogen and oxygen atoms in total. The molecule has 0 bridgehead atoms. The summed E-state index contributed by atoms with van der Waals surface area (Å²) < 4.78 is 24.6. The first-order valence-electron chi connectivity index (χ1n) is 7.22. The molecule has 0 radical (unpaired) electrons. The average molecular weight is 327 g/mol. The minimum Gasteiger partial charge on any atom is -0.484 e. The van der Waals surface area contributed by atoms with E-state index in [1.807, 2.05) is 0 Å². The van der Waals surface area contributed by atoms with Crippen molar-refractivity contribution in [3.63, 3.8) is 0 Å². The van der Waals surface area contributed by atoms with Crippen molar-refractivity contribution in [1.82, 2.24) is 4.98 Å². The minimum absolute atomic E-state index is 0.0729. The normalized spacial score (nSPS) is 10.6. The predicted molar refractivity (Wildman–Crippen MR) is 84.4 cm³/mol. The molecule has 0 saturated heterocycles. The maximum atomic E-state index is 13.5. The molecular formula is C18H14FNO4. The van der Waals surface area contributed by atoms with Crippen molar-refractivity contribution in [3.05, 3.63) is 71.4 Å². The molecular weight excluding hydrogens is 313 g/mol. The lowest BCUT2D eigenvalue weighted by molar-refractivity contribution is 0.0697. The summed E-state index contributed by atoms with van der Waals surface area (Å²) in [4.78, 5) is 15.2. The van der Waals surface area contributed by atoms with Gasteiger partial charge < -0.3 is 14.3 Å². The third kappa shape index (κ3) is 3.27. The highest BCUT2D eigenvalue weighted by Crippen LogP contribution is 2.24. The lowest BCUT2D eigenvalue weighted by Gasteiger charge is -2.04. The highest BCUT2D eigenvalue weighted by Gasteiger charge is 2.13. The number of hydrogen-bond donors (Lipinski definition) is 1. The highest BCUT2D eigenvalue weighted by molar-refractivity contribution is 5.88. The number of nitrogens with zero attached hydrogens (tertiary/aromatic N) is 1. The molecule has 0 unspecified atom stereocenters. The van der Waals surface area contributed by atoms with E-state index in [9.17, 15) is 9.18 Å². The Labute approximate surface area is 137 Å². The quantitative estimate of drug-likeness (QED) is 0.765. The van der Waals surface area contributed by atoms with E-state index < -0.39 is 11.8 Å². The van der Waals surface area contributed by atoms with Gasteiger partial charge >= 0.3 is 5.97 Å². The van der Waals surface area contributed by atoms with Gasteiger partial charge in [0, 0.05) is 5.56 Å². The number of carboxylic acids is 1. The van der Waals surface area contributed by atoms with Gasteiger partial charge in [0.15, 0.2) is 11.6 Å². The predicted octanol–water partition coefficient (Wildman–Crippen LogP) is 4.07. The van der Waals surface area contributed by atoms with Crippen LogP contribution in [-0.4, -0.2) is 16.1 Å². The molecule has 0 fully saturated rings. The molecule has 0 atom stereocenters. The number of aryl methyl sites for hydroxylation is 1. The first kappa shape index (κ1) is 15.7. The second kappa shape index (κ2) is 6.54. The van der Waals surface area contributed by atoms with Crippen LogP contribution >= 0.6 is 0 Å². The van der Waals surface area contributed by atoms with E-state index in [-0.39, 0.29) is 17.9 Å². The van der Waals surface area contributed by atoms with Crippen LogP contribution in [0.25, 0.3) is 11.5 Å². The first-order chi connectivity index (χ1) is 11.5. The lowest BCUT2D eigenvalue weighted by Crippen LogP contribution is -1.99. The Hall–Kier alpha value is -3.15. The molecule has 3 aromatic rings. The Morgan fingerprint density at radius 3 is 2.58 bits per heavy atom. The topological polar surface area (TPSA) is 72.6 Å². The zero-order chi connectivity index (χ0) is 17.1. The summed E-state index contributed by atoms with van der Waals surface area (Å²) >= 11 is 0. The van der Waals surface area contributed by atoms with Crippen LogP contribution in [0.4, 0.5) is 4.39 Å². The smallest absolute Gasteiger partial charge is 0.335 e. The third-order valence-corrected chi connectivity index (χ3v) is 3.47. The van der Waals surface area contributed by atoms with E-state index in [0.29, 0.717) is 22.9 Å². The van der Waals surface area contributed by atoms with Gasteiger partial charge in [-0.05, 0) is 43.3 Å². The van der Waals surface area contributed by atoms with Crippen molar-refractivity contribution in [2.45, 2.75) is 13.5 Å². The number of rotatable bonds is 5. The highest BCUT2D eigenvalue weighted by atomic mass is 19.1. The van der Waals surface area contributed by atoms with E-state index in [4.69, 9.17) is 14.3 Å². The van der Waals surface area contributed by atoms with Crippen LogP contribution in [0.3, 0.4) is 0 Å². The fourth-order valence-electron chi connectivity index (χ4n) is 2.15. The molecule has 122 valence electrons. The van der Waals surface area contributed by atoms with Gasteiger partial charge in [0.2, 0.25) is 5.89 Å². The summed E-state index contributed by atoms with van der Waals surface area (Å²) in [6, 6.07) is 12.3. The Bertz CT molecular complexity index is 871. The molecule has 0 aliphatic heterocycles. The Morgan fingerprint density at radius 2 is 1.92 bits per heavy atom. The number of aromatic nitrogens is 1. The zero-order valence-electron chi connectivity index (χ0n) is 12.8. The number of carbonyl (C=O) groups is 1. The monoisotopic (exact) mass is 327 g/mol. The van der Waals surface area contributed by atoms with E-state index >= 15 is 0 Å². The largest absolute Gasteiger partial charge is 0.484 e. The number of hydrogen-bond acceptors (Lipinski definition) is 4. The van der Waals surface area contributed by atoms with Crippen molar-refractivity contribution in [3.8, 4) is 17.2 Å². The standard InChI is InChI=1S/C18H14FNO4/c1-11-15(10-23-16-5-3-2-4-14(16)19)20-17(24-11)12-6-8-13(9-7-12)18(21)22/h2-9H,10H2,1H3,(H,21,22). The minimum atomic E-state index is -0.996. The molecule has 0 spiro atoms. The van der Waals surface area contributed by atoms with Crippen LogP contribution < -0.4 is 4.74 Å². The van der Waals surface area contributed by atoms with E-state index in [1.165, 1.54) is 24.3 Å². The van der Waals surface area contributed by atoms with Gasteiger partial charge in [0.05, 0.1) is 5.56 Å². The van der Waals surface area contributed by atoms with Gasteiger partial charge in [-0.1, -0.05) is 12.1 Å². The maximum Gasteiger partial charge on any atom is 0.335 e. The van der Waals surface area contributed by atoms with Crippen LogP contribution in [0.5, 0.6) is 5.75 Å². The van der Waals surface area contributed by atoms with Crippen molar-refractivity contribution in [2.24, 2.45) is 0 Å². The molecule has 1 N–H and O–H groups in total. The molecule has 1 heterocycles. The summed E-state index contributed by atoms with van der Waals surface area (Å²) in [5, 5.41) is 8.91. The molecule has 2 aromatic carbocycles. The van der Waals surface area contributed by atoms with Gasteiger partial charge in [-0.2, -0.15) is 0 Å². The molecule has 24 heavy (non-hydrogen) atoms. The number of para-hydroxylation sites is 1. The Balaban J connectivity index is 1.77. The molecule has 0 aliphatic rings. The fourth-order valence-corrected chi connectivity index (χ4v) is 2.15. The van der Waals surface area contributed by atoms with Crippen LogP contribution in [0.15, 0.2) is 52.9 Å². The number of oxazole rings is 1. The van der Waals surface area contributed by atoms with Crippen LogP contribution in [0.1, 0.15) is 21.8 Å². The van der Waals surface area contributed by atoms with Crippen molar-refractivity contribution in [1.29, 1.82) is 0 Å². The van der Waals surface area contributed by atoms with Gasteiger partial charge in [-0.3, -0.25) is 0 Å². The number of halogens is 1. The number of carboxylic acid groups (broad SMARTS) is 1. The van der Waals surface area contributed by atoms with Gasteiger partial charge in [-0.15, -0.1) is 0 Å². The SMILES string of the molecule is Cc1oc(-c2ccc(C(=O)O)cc2)nc1COc1ccccc1F. The molecule has 0 aliphatic carbocycles. The molecule has 0 saturated carbocycles. The fraction of sp³-hybridized carbons (Fsp3) is 0.111. The van der Waals surface area contributed by atoms with E-state index in [0.717, 1.165) is 0 Å². The number of benzene rings is 2. The van der Waals surface area contributed by atoms with Crippen LogP contribution in [0, 0.1) is 12.7 Å².